The Hall–Kier alpha value is -4.24. The molecule has 2 aromatic carbocycles. The van der Waals surface area contributed by atoms with E-state index in [0.717, 1.165) is 28.7 Å². The van der Waals surface area contributed by atoms with Crippen LogP contribution in [-0.2, 0) is 10.0 Å². The van der Waals surface area contributed by atoms with Crippen molar-refractivity contribution in [1.82, 2.24) is 14.7 Å². The van der Waals surface area contributed by atoms with Gasteiger partial charge in [0.25, 0.3) is 15.9 Å². The topological polar surface area (TPSA) is 110 Å². The van der Waals surface area contributed by atoms with Crippen LogP contribution in [0.2, 0.25) is 0 Å². The summed E-state index contributed by atoms with van der Waals surface area (Å²) >= 11 is 0. The molecule has 0 aliphatic heterocycles. The lowest BCUT2D eigenvalue weighted by atomic mass is 10.1. The molecule has 4 aromatic rings. The lowest BCUT2D eigenvalue weighted by Gasteiger charge is -2.16. The summed E-state index contributed by atoms with van der Waals surface area (Å²) in [5.41, 5.74) is 4.20. The van der Waals surface area contributed by atoms with Crippen LogP contribution in [0.3, 0.4) is 0 Å². The zero-order chi connectivity index (χ0) is 27.3. The minimum Gasteiger partial charge on any atom is -0.438 e. The van der Waals surface area contributed by atoms with Crippen LogP contribution in [0.25, 0.3) is 11.3 Å². The van der Waals surface area contributed by atoms with E-state index < -0.39 is 15.9 Å². The fourth-order valence-electron chi connectivity index (χ4n) is 4.03. The summed E-state index contributed by atoms with van der Waals surface area (Å²) < 4.78 is 34.4. The smallest absolute Gasteiger partial charge is 0.281 e. The third-order valence-corrected chi connectivity index (χ3v) is 6.99. The highest BCUT2D eigenvalue weighted by Gasteiger charge is 2.25. The molecule has 0 radical (unpaired) electrons. The normalized spacial score (nSPS) is 11.2. The van der Waals surface area contributed by atoms with Gasteiger partial charge >= 0.3 is 0 Å². The fraction of sp³-hybridized carbons (Fsp3) is 0.207. The number of carbonyl (C=O) groups is 1. The molecule has 9 heteroatoms. The molecule has 38 heavy (non-hydrogen) atoms. The number of aryl methyl sites for hydroxylation is 3. The highest BCUT2D eigenvalue weighted by Crippen LogP contribution is 2.32. The van der Waals surface area contributed by atoms with Crippen LogP contribution in [0.4, 0.5) is 5.82 Å². The molecule has 0 bridgehead atoms. The van der Waals surface area contributed by atoms with Crippen molar-refractivity contribution >= 4 is 21.7 Å². The number of pyridine rings is 2. The van der Waals surface area contributed by atoms with Gasteiger partial charge in [-0.2, -0.15) is 8.42 Å². The number of anilines is 1. The Morgan fingerprint density at radius 1 is 0.895 bits per heavy atom. The van der Waals surface area contributed by atoms with Gasteiger partial charge in [-0.05, 0) is 62.6 Å². The molecule has 0 saturated carbocycles. The average Bonchev–Trinajstić information content (AvgIpc) is 2.90. The third-order valence-electron chi connectivity index (χ3n) is 5.76. The van der Waals surface area contributed by atoms with Crippen LogP contribution in [0.15, 0.2) is 77.8 Å². The van der Waals surface area contributed by atoms with Gasteiger partial charge in [0.1, 0.15) is 17.1 Å². The first-order valence-corrected chi connectivity index (χ1v) is 13.8. The Kier molecular flexibility index (Phi) is 8.07. The fourth-order valence-corrected chi connectivity index (χ4v) is 4.97. The first-order valence-electron chi connectivity index (χ1n) is 12.3. The summed E-state index contributed by atoms with van der Waals surface area (Å²) in [4.78, 5) is 22.1. The Bertz CT molecular complexity index is 1550. The van der Waals surface area contributed by atoms with E-state index >= 15 is 0 Å². The van der Waals surface area contributed by atoms with E-state index in [-0.39, 0.29) is 16.5 Å². The van der Waals surface area contributed by atoms with Crippen molar-refractivity contribution in [2.24, 2.45) is 0 Å². The van der Waals surface area contributed by atoms with Gasteiger partial charge in [-0.1, -0.05) is 61.0 Å². The molecule has 4 rings (SSSR count). The molecule has 196 valence electrons. The number of rotatable bonds is 9. The molecule has 8 nitrogen and oxygen atoms in total. The number of hydrogen-bond donors (Lipinski definition) is 2. The molecule has 1 amide bonds. The number of amides is 1. The lowest BCUT2D eigenvalue weighted by molar-refractivity contribution is 0.0978. The number of nitrogens with one attached hydrogen (secondary N) is 2. The molecule has 2 aromatic heterocycles. The predicted octanol–water partition coefficient (Wildman–Crippen LogP) is 5.80. The van der Waals surface area contributed by atoms with Gasteiger partial charge in [0, 0.05) is 12.1 Å². The van der Waals surface area contributed by atoms with Crippen LogP contribution in [-0.4, -0.2) is 30.8 Å². The minimum absolute atomic E-state index is 0.000397. The Balaban J connectivity index is 1.71. The average molecular weight is 531 g/mol. The maximum absolute atomic E-state index is 13.3. The van der Waals surface area contributed by atoms with Crippen LogP contribution in [0.1, 0.15) is 40.4 Å². The zero-order valence-electron chi connectivity index (χ0n) is 21.8. The zero-order valence-corrected chi connectivity index (χ0v) is 22.6. The molecule has 0 atom stereocenters. The number of hydrogen-bond acceptors (Lipinski definition) is 7. The SMILES string of the molecule is CCCNc1cccc(S(=O)(=O)NC(=O)c2ccc(-c3ccccc3)nc2Oc2c(C)cc(C)cc2C)n1. The highest BCUT2D eigenvalue weighted by molar-refractivity contribution is 7.90. The monoisotopic (exact) mass is 530 g/mol. The summed E-state index contributed by atoms with van der Waals surface area (Å²) in [6.45, 7) is 8.44. The molecule has 0 aliphatic carbocycles. The number of nitrogens with zero attached hydrogens (tertiary/aromatic N) is 2. The molecule has 0 unspecified atom stereocenters. The van der Waals surface area contributed by atoms with Gasteiger partial charge in [-0.15, -0.1) is 0 Å². The van der Waals surface area contributed by atoms with E-state index in [1.54, 1.807) is 18.2 Å². The van der Waals surface area contributed by atoms with Crippen molar-refractivity contribution in [2.75, 3.05) is 11.9 Å². The quantitative estimate of drug-likeness (QED) is 0.281. The number of ether oxygens (including phenoxy) is 1. The van der Waals surface area contributed by atoms with E-state index in [1.807, 2.05) is 70.2 Å². The Morgan fingerprint density at radius 2 is 1.61 bits per heavy atom. The van der Waals surface area contributed by atoms with Gasteiger partial charge in [-0.25, -0.2) is 14.7 Å². The minimum atomic E-state index is -4.26. The first kappa shape index (κ1) is 26.8. The summed E-state index contributed by atoms with van der Waals surface area (Å²) in [5, 5.41) is 2.78. The van der Waals surface area contributed by atoms with Crippen molar-refractivity contribution in [1.29, 1.82) is 0 Å². The van der Waals surface area contributed by atoms with Gasteiger partial charge in [-0.3, -0.25) is 4.79 Å². The molecular weight excluding hydrogens is 500 g/mol. The van der Waals surface area contributed by atoms with Crippen LogP contribution in [0.5, 0.6) is 11.6 Å². The van der Waals surface area contributed by atoms with E-state index in [2.05, 4.69) is 20.0 Å². The van der Waals surface area contributed by atoms with Crippen molar-refractivity contribution in [3.8, 4) is 22.9 Å². The number of aromatic nitrogens is 2. The first-order chi connectivity index (χ1) is 18.2. The predicted molar refractivity (Wildman–Crippen MR) is 148 cm³/mol. The second-order valence-corrected chi connectivity index (χ2v) is 10.6. The molecule has 2 heterocycles. The largest absolute Gasteiger partial charge is 0.438 e. The third kappa shape index (κ3) is 6.18. The number of carbonyl (C=O) groups excluding carboxylic acids is 1. The van der Waals surface area contributed by atoms with Gasteiger partial charge in [0.05, 0.1) is 5.69 Å². The van der Waals surface area contributed by atoms with Crippen LogP contribution in [0, 0.1) is 20.8 Å². The maximum Gasteiger partial charge on any atom is 0.281 e. The molecule has 0 aliphatic rings. The van der Waals surface area contributed by atoms with E-state index in [9.17, 15) is 13.2 Å². The molecular formula is C29H30N4O4S. The maximum atomic E-state index is 13.3. The van der Waals surface area contributed by atoms with E-state index in [4.69, 9.17) is 4.74 Å². The molecule has 0 spiro atoms. The van der Waals surface area contributed by atoms with Crippen molar-refractivity contribution < 1.29 is 17.9 Å². The van der Waals surface area contributed by atoms with Gasteiger partial charge in [0.15, 0.2) is 5.03 Å². The van der Waals surface area contributed by atoms with Gasteiger partial charge < -0.3 is 10.1 Å². The second kappa shape index (κ2) is 11.4. The summed E-state index contributed by atoms with van der Waals surface area (Å²) in [6.07, 6.45) is 0.851. The Morgan fingerprint density at radius 3 is 2.29 bits per heavy atom. The van der Waals surface area contributed by atoms with Crippen LogP contribution >= 0.6 is 0 Å². The van der Waals surface area contributed by atoms with Crippen molar-refractivity contribution in [3.05, 3.63) is 95.1 Å². The van der Waals surface area contributed by atoms with Crippen molar-refractivity contribution in [2.45, 2.75) is 39.1 Å². The summed E-state index contributed by atoms with van der Waals surface area (Å²) in [5.74, 6) is 0.0932. The highest BCUT2D eigenvalue weighted by atomic mass is 32.2. The van der Waals surface area contributed by atoms with E-state index in [0.29, 0.717) is 23.8 Å². The number of benzene rings is 2. The lowest BCUT2D eigenvalue weighted by Crippen LogP contribution is -2.31. The second-order valence-electron chi connectivity index (χ2n) is 8.97. The van der Waals surface area contributed by atoms with Crippen LogP contribution < -0.4 is 14.8 Å². The van der Waals surface area contributed by atoms with Gasteiger partial charge in [0.2, 0.25) is 5.88 Å². The van der Waals surface area contributed by atoms with Crippen molar-refractivity contribution in [3.63, 3.8) is 0 Å². The summed E-state index contributed by atoms with van der Waals surface area (Å²) in [7, 11) is -4.26. The molecule has 2 N–H and O–H groups in total. The molecule has 0 fully saturated rings. The standard InChI is InChI=1S/C29H30N4O4S/c1-5-16-30-25-12-9-13-26(32-25)38(35,36)33-28(34)23-14-15-24(22-10-7-6-8-11-22)31-29(23)37-27-20(3)17-19(2)18-21(27)4/h6-15,17-18H,5,16H2,1-4H3,(H,30,32)(H,33,34). The summed E-state index contributed by atoms with van der Waals surface area (Å²) in [6, 6.07) is 21.1. The number of sulfonamides is 1. The Labute approximate surface area is 223 Å². The van der Waals surface area contributed by atoms with E-state index in [1.165, 1.54) is 12.1 Å². The molecule has 0 saturated heterocycles.